The Morgan fingerprint density at radius 1 is 1.18 bits per heavy atom. The summed E-state index contributed by atoms with van der Waals surface area (Å²) < 4.78 is 48.2. The predicted molar refractivity (Wildman–Crippen MR) is 73.8 cm³/mol. The fourth-order valence-electron chi connectivity index (χ4n) is 2.31. The quantitative estimate of drug-likeness (QED) is 0.836. The zero-order valence-electron chi connectivity index (χ0n) is 12.5. The van der Waals surface area contributed by atoms with E-state index in [0.717, 1.165) is 0 Å². The first kappa shape index (κ1) is 16.4. The van der Waals surface area contributed by atoms with Crippen LogP contribution in [0.25, 0.3) is 0 Å². The maximum Gasteiger partial charge on any atom is 0.450 e. The molecule has 1 aliphatic heterocycles. The van der Waals surface area contributed by atoms with Gasteiger partial charge in [0.1, 0.15) is 12.5 Å². The summed E-state index contributed by atoms with van der Waals surface area (Å²) >= 11 is 0. The van der Waals surface area contributed by atoms with Gasteiger partial charge in [0.15, 0.2) is 0 Å². The van der Waals surface area contributed by atoms with Crippen molar-refractivity contribution in [2.24, 2.45) is 0 Å². The number of Topliss-reactive ketones (excluding diaryl/α,β-unsaturated/α-hetero) is 1. The topological polar surface area (TPSA) is 35.5 Å². The molecular formula is C16H17F3O3. The predicted octanol–water partition coefficient (Wildman–Crippen LogP) is 4.18. The first-order valence-corrected chi connectivity index (χ1v) is 6.76. The van der Waals surface area contributed by atoms with Crippen LogP contribution < -0.4 is 0 Å². The van der Waals surface area contributed by atoms with E-state index in [1.807, 2.05) is 0 Å². The highest BCUT2D eigenvalue weighted by Crippen LogP contribution is 2.36. The van der Waals surface area contributed by atoms with Gasteiger partial charge in [0, 0.05) is 18.9 Å². The molecule has 1 heterocycles. The number of carbonyl (C=O) groups is 1. The molecule has 0 unspecified atom stereocenters. The Labute approximate surface area is 126 Å². The number of ketones is 1. The van der Waals surface area contributed by atoms with Crippen LogP contribution in [-0.4, -0.2) is 12.0 Å². The van der Waals surface area contributed by atoms with Crippen LogP contribution in [0.1, 0.15) is 38.3 Å². The molecular weight excluding hydrogens is 297 g/mol. The molecule has 2 rings (SSSR count). The molecule has 0 amide bonds. The number of rotatable bonds is 4. The van der Waals surface area contributed by atoms with Gasteiger partial charge in [0.05, 0.1) is 0 Å². The number of hydrogen-bond donors (Lipinski definition) is 0. The minimum Gasteiger partial charge on any atom is -0.453 e. The van der Waals surface area contributed by atoms with Gasteiger partial charge in [-0.15, -0.1) is 0 Å². The van der Waals surface area contributed by atoms with E-state index in [0.29, 0.717) is 11.1 Å². The summed E-state index contributed by atoms with van der Waals surface area (Å²) in [5, 5.41) is 0. The van der Waals surface area contributed by atoms with E-state index >= 15 is 0 Å². The molecule has 120 valence electrons. The first-order valence-electron chi connectivity index (χ1n) is 6.76. The van der Waals surface area contributed by atoms with Crippen LogP contribution in [0.15, 0.2) is 36.8 Å². The monoisotopic (exact) mass is 314 g/mol. The van der Waals surface area contributed by atoms with Gasteiger partial charge < -0.3 is 9.47 Å². The Kier molecular flexibility index (Phi) is 3.98. The Hall–Kier alpha value is -1.98. The molecule has 6 heteroatoms. The van der Waals surface area contributed by atoms with Crippen molar-refractivity contribution in [2.75, 3.05) is 0 Å². The fourth-order valence-corrected chi connectivity index (χ4v) is 2.31. The molecule has 0 saturated heterocycles. The van der Waals surface area contributed by atoms with Crippen molar-refractivity contribution in [2.45, 2.75) is 44.6 Å². The molecule has 1 aliphatic rings. The van der Waals surface area contributed by atoms with Gasteiger partial charge in [-0.25, -0.2) is 0 Å². The van der Waals surface area contributed by atoms with Crippen LogP contribution in [0.3, 0.4) is 0 Å². The van der Waals surface area contributed by atoms with E-state index < -0.39 is 29.6 Å². The maximum absolute atomic E-state index is 12.5. The highest BCUT2D eigenvalue weighted by atomic mass is 19.4. The van der Waals surface area contributed by atoms with Gasteiger partial charge in [-0.05, 0) is 17.0 Å². The van der Waals surface area contributed by atoms with Gasteiger partial charge in [-0.1, -0.05) is 32.0 Å². The third kappa shape index (κ3) is 3.26. The SMILES string of the molecule is CC(C)(CC(=O)C(F)(F)F)c1cccc(C2(C)OC=CO2)c1. The normalized spacial score (nSPS) is 17.0. The Morgan fingerprint density at radius 2 is 1.77 bits per heavy atom. The molecule has 0 spiro atoms. The second-order valence-electron chi connectivity index (χ2n) is 6.02. The molecule has 0 saturated carbocycles. The summed E-state index contributed by atoms with van der Waals surface area (Å²) in [6, 6.07) is 6.87. The van der Waals surface area contributed by atoms with E-state index in [4.69, 9.17) is 9.47 Å². The zero-order valence-corrected chi connectivity index (χ0v) is 12.5. The number of carbonyl (C=O) groups excluding carboxylic acids is 1. The van der Waals surface area contributed by atoms with Crippen molar-refractivity contribution in [3.05, 3.63) is 47.9 Å². The smallest absolute Gasteiger partial charge is 0.450 e. The molecule has 1 aromatic carbocycles. The lowest BCUT2D eigenvalue weighted by Gasteiger charge is -2.28. The van der Waals surface area contributed by atoms with Crippen LogP contribution in [-0.2, 0) is 25.5 Å². The Bertz CT molecular complexity index is 595. The summed E-state index contributed by atoms with van der Waals surface area (Å²) in [6.45, 7) is 4.92. The molecule has 0 fully saturated rings. The number of ether oxygens (including phenoxy) is 2. The molecule has 0 aromatic heterocycles. The highest BCUT2D eigenvalue weighted by molar-refractivity contribution is 5.85. The van der Waals surface area contributed by atoms with Crippen molar-refractivity contribution in [3.63, 3.8) is 0 Å². The molecule has 0 radical (unpaired) electrons. The molecule has 3 nitrogen and oxygen atoms in total. The number of benzene rings is 1. The summed E-state index contributed by atoms with van der Waals surface area (Å²) in [4.78, 5) is 11.3. The molecule has 22 heavy (non-hydrogen) atoms. The average molecular weight is 314 g/mol. The van der Waals surface area contributed by atoms with Gasteiger partial charge in [-0.2, -0.15) is 13.2 Å². The first-order chi connectivity index (χ1) is 10.0. The van der Waals surface area contributed by atoms with Gasteiger partial charge in [0.2, 0.25) is 5.78 Å². The average Bonchev–Trinajstić information content (AvgIpc) is 2.86. The highest BCUT2D eigenvalue weighted by Gasteiger charge is 2.42. The zero-order chi connectivity index (χ0) is 16.6. The van der Waals surface area contributed by atoms with Crippen LogP contribution in [0.4, 0.5) is 13.2 Å². The van der Waals surface area contributed by atoms with Crippen LogP contribution in [0.5, 0.6) is 0 Å². The third-order valence-corrected chi connectivity index (χ3v) is 3.73. The third-order valence-electron chi connectivity index (χ3n) is 3.73. The number of alkyl halides is 3. The van der Waals surface area contributed by atoms with Gasteiger partial charge in [0.25, 0.3) is 5.79 Å². The molecule has 0 bridgehead atoms. The summed E-state index contributed by atoms with van der Waals surface area (Å²) in [5.41, 5.74) is 0.329. The Balaban J connectivity index is 2.26. The van der Waals surface area contributed by atoms with Crippen molar-refractivity contribution in [3.8, 4) is 0 Å². The lowest BCUT2D eigenvalue weighted by Crippen LogP contribution is -2.31. The van der Waals surface area contributed by atoms with E-state index in [1.54, 1.807) is 45.0 Å². The fraction of sp³-hybridized carbons (Fsp3) is 0.438. The van der Waals surface area contributed by atoms with Gasteiger partial charge in [-0.3, -0.25) is 4.79 Å². The maximum atomic E-state index is 12.5. The van der Waals surface area contributed by atoms with E-state index in [1.165, 1.54) is 12.5 Å². The second kappa shape index (κ2) is 5.34. The van der Waals surface area contributed by atoms with E-state index in [9.17, 15) is 18.0 Å². The number of halogens is 3. The van der Waals surface area contributed by atoms with E-state index in [2.05, 4.69) is 0 Å². The molecule has 0 aliphatic carbocycles. The molecule has 1 aromatic rings. The lowest BCUT2D eigenvalue weighted by molar-refractivity contribution is -0.172. The van der Waals surface area contributed by atoms with Crippen molar-refractivity contribution >= 4 is 5.78 Å². The Morgan fingerprint density at radius 3 is 2.32 bits per heavy atom. The molecule has 0 N–H and O–H groups in total. The largest absolute Gasteiger partial charge is 0.453 e. The summed E-state index contributed by atoms with van der Waals surface area (Å²) in [6.07, 6.45) is -2.62. The molecule has 0 atom stereocenters. The van der Waals surface area contributed by atoms with Gasteiger partial charge >= 0.3 is 6.18 Å². The van der Waals surface area contributed by atoms with Crippen LogP contribution >= 0.6 is 0 Å². The van der Waals surface area contributed by atoms with Crippen LogP contribution in [0, 0.1) is 0 Å². The minimum atomic E-state index is -4.82. The van der Waals surface area contributed by atoms with Crippen molar-refractivity contribution in [1.82, 2.24) is 0 Å². The van der Waals surface area contributed by atoms with Crippen LogP contribution in [0.2, 0.25) is 0 Å². The van der Waals surface area contributed by atoms with Crippen molar-refractivity contribution < 1.29 is 27.4 Å². The number of hydrogen-bond acceptors (Lipinski definition) is 3. The lowest BCUT2D eigenvalue weighted by atomic mass is 9.79. The van der Waals surface area contributed by atoms with Crippen molar-refractivity contribution in [1.29, 1.82) is 0 Å². The summed E-state index contributed by atoms with van der Waals surface area (Å²) in [7, 11) is 0. The summed E-state index contributed by atoms with van der Waals surface area (Å²) in [5.74, 6) is -2.73. The standard InChI is InChI=1S/C16H17F3O3/c1-14(2,10-13(20)16(17,18)19)11-5-4-6-12(9-11)15(3)21-7-8-22-15/h4-9H,10H2,1-3H3. The van der Waals surface area contributed by atoms with E-state index in [-0.39, 0.29) is 0 Å². The minimum absolute atomic E-state index is 0.614. The second-order valence-corrected chi connectivity index (χ2v) is 6.02.